The van der Waals surface area contributed by atoms with Crippen LogP contribution in [0, 0.1) is 5.92 Å². The van der Waals surface area contributed by atoms with Gasteiger partial charge in [0.1, 0.15) is 12.0 Å². The number of fused-ring (bicyclic) bond motifs is 1. The first-order valence-electron chi connectivity index (χ1n) is 8.39. The summed E-state index contributed by atoms with van der Waals surface area (Å²) >= 11 is 0. The summed E-state index contributed by atoms with van der Waals surface area (Å²) in [5, 5.41) is 3.97. The van der Waals surface area contributed by atoms with E-state index < -0.39 is 0 Å². The molecular formula is C18H24N2O3. The molecule has 0 spiro atoms. The molecule has 0 N–H and O–H groups in total. The molecule has 2 saturated heterocycles. The van der Waals surface area contributed by atoms with E-state index in [1.54, 1.807) is 7.11 Å². The molecule has 23 heavy (non-hydrogen) atoms. The number of carbonyl (C=O) groups excluding carboxylic acids is 2. The van der Waals surface area contributed by atoms with Crippen molar-refractivity contribution in [1.82, 2.24) is 10.0 Å². The highest BCUT2D eigenvalue weighted by Crippen LogP contribution is 2.45. The lowest BCUT2D eigenvalue weighted by molar-refractivity contribution is -0.138. The molecule has 3 rings (SSSR count). The molecule has 124 valence electrons. The van der Waals surface area contributed by atoms with Gasteiger partial charge in [-0.05, 0) is 24.1 Å². The van der Waals surface area contributed by atoms with Gasteiger partial charge in [-0.25, -0.2) is 5.01 Å². The minimum absolute atomic E-state index is 0.00504. The minimum atomic E-state index is -0.167. The zero-order valence-corrected chi connectivity index (χ0v) is 13.8. The zero-order valence-electron chi connectivity index (χ0n) is 13.8. The molecule has 1 aromatic rings. The van der Waals surface area contributed by atoms with Crippen LogP contribution < -0.4 is 4.74 Å². The van der Waals surface area contributed by atoms with Gasteiger partial charge >= 0.3 is 0 Å². The average Bonchev–Trinajstić information content (AvgIpc) is 3.10. The van der Waals surface area contributed by atoms with Gasteiger partial charge in [0.25, 0.3) is 0 Å². The van der Waals surface area contributed by atoms with E-state index in [9.17, 15) is 9.59 Å². The summed E-state index contributed by atoms with van der Waals surface area (Å²) < 4.78 is 5.22. The Balaban J connectivity index is 1.93. The van der Waals surface area contributed by atoms with Gasteiger partial charge in [0.15, 0.2) is 0 Å². The third kappa shape index (κ3) is 2.74. The van der Waals surface area contributed by atoms with Crippen LogP contribution in [-0.2, 0) is 9.59 Å². The molecular weight excluding hydrogens is 292 g/mol. The second-order valence-electron chi connectivity index (χ2n) is 6.29. The molecule has 3 atom stereocenters. The summed E-state index contributed by atoms with van der Waals surface area (Å²) in [5.74, 6) is 0.777. The summed E-state index contributed by atoms with van der Waals surface area (Å²) in [6, 6.07) is 7.78. The van der Waals surface area contributed by atoms with Crippen LogP contribution in [0.1, 0.15) is 44.2 Å². The average molecular weight is 316 g/mol. The molecule has 5 heteroatoms. The van der Waals surface area contributed by atoms with Crippen molar-refractivity contribution in [3.8, 4) is 5.75 Å². The van der Waals surface area contributed by atoms with E-state index in [4.69, 9.17) is 4.74 Å². The van der Waals surface area contributed by atoms with Gasteiger partial charge in [-0.2, -0.15) is 0 Å². The van der Waals surface area contributed by atoms with Crippen LogP contribution in [0.25, 0.3) is 0 Å². The molecule has 2 heterocycles. The molecule has 0 aromatic heterocycles. The van der Waals surface area contributed by atoms with E-state index in [-0.39, 0.29) is 23.9 Å². The monoisotopic (exact) mass is 316 g/mol. The van der Waals surface area contributed by atoms with Crippen LogP contribution >= 0.6 is 0 Å². The van der Waals surface area contributed by atoms with Gasteiger partial charge in [0.05, 0.1) is 25.1 Å². The van der Waals surface area contributed by atoms with E-state index in [2.05, 4.69) is 11.9 Å². The van der Waals surface area contributed by atoms with Gasteiger partial charge < -0.3 is 9.53 Å². The van der Waals surface area contributed by atoms with Gasteiger partial charge in [0, 0.05) is 13.0 Å². The van der Waals surface area contributed by atoms with Crippen LogP contribution in [0.3, 0.4) is 0 Å². The predicted octanol–water partition coefficient (Wildman–Crippen LogP) is 2.57. The Hall–Kier alpha value is -1.88. The lowest BCUT2D eigenvalue weighted by atomic mass is 9.87. The number of amides is 1. The van der Waals surface area contributed by atoms with Crippen LogP contribution in [-0.4, -0.2) is 41.9 Å². The molecule has 5 nitrogen and oxygen atoms in total. The highest BCUT2D eigenvalue weighted by atomic mass is 16.5. The Morgan fingerprint density at radius 1 is 1.30 bits per heavy atom. The highest BCUT2D eigenvalue weighted by Gasteiger charge is 2.52. The second kappa shape index (κ2) is 6.71. The molecule has 1 aromatic carbocycles. The molecule has 0 unspecified atom stereocenters. The number of hydrogen-bond acceptors (Lipinski definition) is 4. The summed E-state index contributed by atoms with van der Waals surface area (Å²) in [7, 11) is 1.64. The Kier molecular flexibility index (Phi) is 4.66. The van der Waals surface area contributed by atoms with Crippen LogP contribution in [0.15, 0.2) is 24.3 Å². The summed E-state index contributed by atoms with van der Waals surface area (Å²) in [6.45, 7) is 2.83. The maximum Gasteiger partial charge on any atom is 0.238 e. The van der Waals surface area contributed by atoms with Gasteiger partial charge in [-0.15, -0.1) is 0 Å². The summed E-state index contributed by atoms with van der Waals surface area (Å²) in [4.78, 5) is 24.2. The van der Waals surface area contributed by atoms with Crippen LogP contribution in [0.4, 0.5) is 0 Å². The van der Waals surface area contributed by atoms with Crippen molar-refractivity contribution in [2.24, 2.45) is 5.92 Å². The molecule has 0 bridgehead atoms. The van der Waals surface area contributed by atoms with E-state index in [1.807, 2.05) is 29.3 Å². The Morgan fingerprint density at radius 3 is 2.65 bits per heavy atom. The fourth-order valence-corrected chi connectivity index (χ4v) is 3.88. The van der Waals surface area contributed by atoms with Crippen molar-refractivity contribution in [3.05, 3.63) is 29.8 Å². The van der Waals surface area contributed by atoms with Gasteiger partial charge in [-0.1, -0.05) is 31.9 Å². The van der Waals surface area contributed by atoms with E-state index in [0.29, 0.717) is 13.0 Å². The molecule has 1 amide bonds. The lowest BCUT2D eigenvalue weighted by Crippen LogP contribution is -2.39. The van der Waals surface area contributed by atoms with Crippen LogP contribution in [0.2, 0.25) is 0 Å². The summed E-state index contributed by atoms with van der Waals surface area (Å²) in [6.07, 6.45) is 4.57. The first-order chi connectivity index (χ1) is 11.2. The minimum Gasteiger partial charge on any atom is -0.497 e. The molecule has 2 aliphatic rings. The molecule has 0 saturated carbocycles. The van der Waals surface area contributed by atoms with Crippen molar-refractivity contribution in [2.45, 2.75) is 44.7 Å². The third-order valence-electron chi connectivity index (χ3n) is 5.00. The normalized spacial score (nSPS) is 27.3. The molecule has 2 aliphatic heterocycles. The quantitative estimate of drug-likeness (QED) is 0.757. The second-order valence-corrected chi connectivity index (χ2v) is 6.29. The molecule has 2 fully saturated rings. The number of unbranched alkanes of at least 4 members (excludes halogenated alkanes) is 1. The Morgan fingerprint density at radius 2 is 2.04 bits per heavy atom. The third-order valence-corrected chi connectivity index (χ3v) is 5.00. The van der Waals surface area contributed by atoms with Gasteiger partial charge in [0.2, 0.25) is 5.91 Å². The number of ether oxygens (including phenoxy) is 1. The number of carbonyl (C=O) groups is 2. The zero-order chi connectivity index (χ0) is 16.4. The fourth-order valence-electron chi connectivity index (χ4n) is 3.88. The van der Waals surface area contributed by atoms with Crippen molar-refractivity contribution in [3.63, 3.8) is 0 Å². The molecule has 0 radical (unpaired) electrons. The number of benzene rings is 1. The van der Waals surface area contributed by atoms with E-state index >= 15 is 0 Å². The highest BCUT2D eigenvalue weighted by molar-refractivity contribution is 5.79. The topological polar surface area (TPSA) is 49.9 Å². The first kappa shape index (κ1) is 16.0. The Labute approximate surface area is 137 Å². The number of methoxy groups -OCH3 is 1. The summed E-state index contributed by atoms with van der Waals surface area (Å²) in [5.41, 5.74) is 1.07. The SMILES string of the molecule is CCCC[C@@H]1[C@@H](C=O)[C@@H](c2ccc(OC)cc2)N2CCC(=O)N12. The van der Waals surface area contributed by atoms with Crippen molar-refractivity contribution < 1.29 is 14.3 Å². The maximum atomic E-state index is 12.3. The maximum absolute atomic E-state index is 12.3. The van der Waals surface area contributed by atoms with E-state index in [1.165, 1.54) is 0 Å². The largest absolute Gasteiger partial charge is 0.497 e. The van der Waals surface area contributed by atoms with Crippen molar-refractivity contribution in [1.29, 1.82) is 0 Å². The number of hydrazine groups is 1. The predicted molar refractivity (Wildman–Crippen MR) is 86.8 cm³/mol. The first-order valence-corrected chi connectivity index (χ1v) is 8.39. The fraction of sp³-hybridized carbons (Fsp3) is 0.556. The Bertz CT molecular complexity index is 572. The number of hydrogen-bond donors (Lipinski definition) is 0. The standard InChI is InChI=1S/C18H24N2O3/c1-3-4-5-16-15(12-21)18(19-11-10-17(22)20(16)19)13-6-8-14(23-2)9-7-13/h6-9,12,15-16,18H,3-5,10-11H2,1-2H3/t15-,16-,18-/m1/s1. The number of rotatable bonds is 6. The number of aldehydes is 1. The number of nitrogens with zero attached hydrogens (tertiary/aromatic N) is 2. The smallest absolute Gasteiger partial charge is 0.238 e. The van der Waals surface area contributed by atoms with Gasteiger partial charge in [-0.3, -0.25) is 9.80 Å². The van der Waals surface area contributed by atoms with E-state index in [0.717, 1.165) is 36.9 Å². The lowest BCUT2D eigenvalue weighted by Gasteiger charge is -2.27. The van der Waals surface area contributed by atoms with Crippen molar-refractivity contribution in [2.75, 3.05) is 13.7 Å². The van der Waals surface area contributed by atoms with Crippen molar-refractivity contribution >= 4 is 12.2 Å². The molecule has 0 aliphatic carbocycles. The van der Waals surface area contributed by atoms with Crippen LogP contribution in [0.5, 0.6) is 5.75 Å².